The number of nitrogens with zero attached hydrogens (tertiary/aromatic N) is 4. The third-order valence-corrected chi connectivity index (χ3v) is 27.9. The number of ether oxygens (including phenoxy) is 17. The van der Waals surface area contributed by atoms with Crippen LogP contribution in [-0.4, -0.2) is 403 Å². The Balaban J connectivity index is 0.732. The van der Waals surface area contributed by atoms with Gasteiger partial charge in [0.2, 0.25) is 41.4 Å². The molecule has 8 rings (SSSR count). The summed E-state index contributed by atoms with van der Waals surface area (Å²) in [6.07, 6.45) is -7.61. The average molecular weight is 2170 g/mol. The van der Waals surface area contributed by atoms with E-state index >= 15 is 0 Å². The number of allylic oxidation sites excluding steroid dienone is 1. The fraction of sp³-hybridized carbons (Fsp3) is 0.725. The highest BCUT2D eigenvalue weighted by atomic mass is 33.1. The zero-order valence-corrected chi connectivity index (χ0v) is 88.7. The number of methoxy groups -OCH3 is 1. The lowest BCUT2D eigenvalue weighted by atomic mass is 9.79. The van der Waals surface area contributed by atoms with Crippen LogP contribution in [0.15, 0.2) is 82.5 Å². The molecule has 150 heavy (non-hydrogen) atoms. The van der Waals surface area contributed by atoms with Gasteiger partial charge in [-0.25, -0.2) is 4.79 Å². The van der Waals surface area contributed by atoms with Crippen LogP contribution >= 0.6 is 21.6 Å². The van der Waals surface area contributed by atoms with Gasteiger partial charge in [0.1, 0.15) is 54.4 Å². The number of rotatable bonds is 81. The number of amides is 7. The smallest absolute Gasteiger partial charge is 0.330 e. The first-order chi connectivity index (χ1) is 73.1. The van der Waals surface area contributed by atoms with E-state index in [-0.39, 0.29) is 114 Å². The summed E-state index contributed by atoms with van der Waals surface area (Å²) in [5.74, 6) is -4.25. The maximum atomic E-state index is 14.1. The number of anilines is 1. The number of aliphatic hydroxyl groups is 7. The van der Waals surface area contributed by atoms with Crippen LogP contribution in [0.2, 0.25) is 1.41 Å². The molecule has 7 amide bonds. The fourth-order valence-electron chi connectivity index (χ4n) is 16.8. The van der Waals surface area contributed by atoms with Crippen LogP contribution < -0.4 is 48.0 Å². The van der Waals surface area contributed by atoms with Crippen molar-refractivity contribution in [3.05, 3.63) is 99.3 Å². The Kier molecular flexibility index (Phi) is 62.2. The van der Waals surface area contributed by atoms with Crippen LogP contribution in [0.1, 0.15) is 168 Å². The monoisotopic (exact) mass is 2170 g/mol. The molecule has 4 aliphatic rings. The minimum Gasteiger partial charge on any atom is -0.465 e. The maximum absolute atomic E-state index is 14.1. The van der Waals surface area contributed by atoms with Gasteiger partial charge in [-0.15, -0.1) is 5.10 Å². The number of carbonyl (C=O) groups is 8. The van der Waals surface area contributed by atoms with Crippen LogP contribution in [0.3, 0.4) is 0 Å². The third kappa shape index (κ3) is 48.3. The first kappa shape index (κ1) is 125. The molecule has 46 nitrogen and oxygen atoms in total. The first-order valence-corrected chi connectivity index (χ1v) is 54.7. The molecule has 3 aliphatic heterocycles. The Morgan fingerprint density at radius 1 is 0.560 bits per heavy atom. The van der Waals surface area contributed by atoms with Crippen LogP contribution in [0.25, 0.3) is 22.5 Å². The summed E-state index contributed by atoms with van der Waals surface area (Å²) in [6.45, 7) is 17.8. The third-order valence-electron chi connectivity index (χ3n) is 24.9. The van der Waals surface area contributed by atoms with Crippen molar-refractivity contribution >= 4 is 74.6 Å². The molecule has 5 heterocycles. The summed E-state index contributed by atoms with van der Waals surface area (Å²) in [4.78, 5) is 136. The van der Waals surface area contributed by atoms with Gasteiger partial charge in [0.05, 0.1) is 227 Å². The molecule has 1 aliphatic carbocycles. The minimum absolute atomic E-state index is 0.00819. The number of aromatic nitrogens is 5. The van der Waals surface area contributed by atoms with Crippen molar-refractivity contribution < 1.29 is 156 Å². The molecule has 2 aromatic carbocycles. The van der Waals surface area contributed by atoms with Gasteiger partial charge in [0, 0.05) is 106 Å². The zero-order chi connectivity index (χ0) is 109. The van der Waals surface area contributed by atoms with Gasteiger partial charge in [-0.2, -0.15) is 0 Å². The van der Waals surface area contributed by atoms with Crippen molar-refractivity contribution in [2.45, 2.75) is 260 Å². The number of H-pyrrole nitrogens is 2. The van der Waals surface area contributed by atoms with Crippen molar-refractivity contribution in [1.29, 1.82) is 0 Å². The number of aromatic amines is 2. The Hall–Kier alpha value is -8.46. The number of hydrogen-bond donors (Lipinski definition) is 15. The number of nitrogens with one attached hydrogen (secondary N) is 8. The highest BCUT2D eigenvalue weighted by Gasteiger charge is 2.54. The Bertz CT molecular complexity index is 4710. The standard InChI is InChI=1S/C102H162N12O34S2/c1-69(2)21-13-11-9-7-6-8-10-12-14-27-83(119)108-91-95(127)93(125)80(66-78(116)98-96(128)97(129)100(148-98)113-38-32-85(121)109-102(113)131)147-101(91)146-79-65-73(92(124)94(126)90(79)106-71(4)115)68-145-87(123)34-64-149-150-70(3)28-29-84(120)107-76(99(130)105-36-30-81(117)104-37-31-86(122)114-67-72-22-15-16-23-74(72)88-89(111-112-110-88)75-24-17-18-26-77(75)114)25-19-20-35-103-82(118)33-39-133-42-43-135-46-47-137-50-51-139-54-55-141-58-59-143-62-63-144-61-60-142-57-56-140-53-52-138-49-48-136-45-44-134-41-40-132-5/h14-18,22-24,26-27,32,38,69-70,73,76,78-80,90-98,100-101,116,124-129H,6-13,19-21,25,28-31,33-37,39-68H2,1-5H3,(H,103,118)(H,104,117)(H,105,130)(H,106,115)(H,107,120)(H,108,119)(H,109,121,131)(H,110,111,112)/b27-14-/t70?,73-,76+,78-,79+,80-,90+,91-,92-,93+,94-,95-,96+,97-,98-,100-,101-/m1/s1/i/hT. The van der Waals surface area contributed by atoms with Crippen molar-refractivity contribution in [3.63, 3.8) is 0 Å². The van der Waals surface area contributed by atoms with E-state index in [0.29, 0.717) is 205 Å². The summed E-state index contributed by atoms with van der Waals surface area (Å²) < 4.78 is 105. The van der Waals surface area contributed by atoms with Gasteiger partial charge >= 0.3 is 11.7 Å². The molecule has 2 aromatic heterocycles. The summed E-state index contributed by atoms with van der Waals surface area (Å²) in [5, 5.41) is 106. The lowest BCUT2D eigenvalue weighted by molar-refractivity contribution is -0.293. The largest absolute Gasteiger partial charge is 0.465 e. The summed E-state index contributed by atoms with van der Waals surface area (Å²) in [6, 6.07) is 11.5. The van der Waals surface area contributed by atoms with Gasteiger partial charge in [-0.05, 0) is 68.6 Å². The molecule has 1 saturated carbocycles. The Morgan fingerprint density at radius 2 is 1.11 bits per heavy atom. The van der Waals surface area contributed by atoms with Crippen LogP contribution in [0.4, 0.5) is 5.69 Å². The molecule has 0 bridgehead atoms. The second-order valence-electron chi connectivity index (χ2n) is 37.1. The van der Waals surface area contributed by atoms with E-state index in [9.17, 15) is 83.7 Å². The lowest BCUT2D eigenvalue weighted by Crippen LogP contribution is -2.67. The molecule has 1 unspecified atom stereocenters. The zero-order valence-electron chi connectivity index (χ0n) is 88.1. The van der Waals surface area contributed by atoms with E-state index < -0.39 is 157 Å². The SMILES string of the molecule is [3H]n1nnc2c1-c1ccccc1CN(C(=O)CCNC(=O)CCNC(=O)[C@H](CCCCNC(=O)CCOCCOCCOCCOCCOCCOCCOCCOCCOCCOCCOCCOCCOC)NC(=O)CCC(C)SSCCC(=O)OC[C@H]1C[C@H](O[C@@H]3O[C@H](C[C@@H](O)[C@H]4O[C@@H](n5ccc(=O)[nH]c5=O)[C@H](O)[C@@H]4O)[C@H](O)[C@H](O)[C@H]3NC(=O)/C=C\CCCCCCCCCC(C)C)[C@H](NC(C)=O)[C@@H](O)[C@@H]1O)c1ccccc1-2. The van der Waals surface area contributed by atoms with Gasteiger partial charge in [-0.1, -0.05) is 141 Å². The van der Waals surface area contributed by atoms with E-state index in [0.717, 1.165) is 66.5 Å². The number of esters is 1. The quantitative estimate of drug-likeness (QED) is 0.0131. The van der Waals surface area contributed by atoms with Crippen molar-refractivity contribution in [3.8, 4) is 22.5 Å². The molecule has 48 heteroatoms. The van der Waals surface area contributed by atoms with Gasteiger partial charge in [0.25, 0.3) is 5.56 Å². The van der Waals surface area contributed by atoms with Crippen molar-refractivity contribution in [1.82, 2.24) is 56.9 Å². The predicted molar refractivity (Wildman–Crippen MR) is 552 cm³/mol. The molecule has 0 radical (unpaired) electrons. The molecule has 2 saturated heterocycles. The number of para-hydroxylation sites is 1. The normalized spacial score (nSPS) is 21.3. The number of unbranched alkanes of at least 4 members (excludes halogenated alkanes) is 8. The van der Waals surface area contributed by atoms with Crippen LogP contribution in [0, 0.1) is 11.8 Å². The fourth-order valence-corrected chi connectivity index (χ4v) is 19.1. The van der Waals surface area contributed by atoms with Crippen molar-refractivity contribution in [2.24, 2.45) is 11.8 Å². The number of carbonyl (C=O) groups excluding carboxylic acids is 8. The Labute approximate surface area is 885 Å². The number of hydrogen-bond acceptors (Lipinski definition) is 38. The summed E-state index contributed by atoms with van der Waals surface area (Å²) in [7, 11) is 4.34. The maximum Gasteiger partial charge on any atom is 0.330 e. The summed E-state index contributed by atoms with van der Waals surface area (Å²) in [5.41, 5.74) is 1.80. The molecular formula is C102H162N12O34S2. The van der Waals surface area contributed by atoms with Crippen LogP contribution in [0.5, 0.6) is 0 Å². The highest BCUT2D eigenvalue weighted by Crippen LogP contribution is 2.42. The van der Waals surface area contributed by atoms with Gasteiger partial charge in [-0.3, -0.25) is 57.8 Å². The molecule has 15 N–H and O–H groups in total. The molecule has 3 fully saturated rings. The topological polar surface area (TPSA) is 607 Å². The minimum atomic E-state index is -1.93. The molecule has 0 spiro atoms. The van der Waals surface area contributed by atoms with Crippen molar-refractivity contribution in [2.75, 3.05) is 209 Å². The van der Waals surface area contributed by atoms with E-state index in [1.807, 2.05) is 48.3 Å². The number of fused-ring (bicyclic) bond motifs is 5. The lowest BCUT2D eigenvalue weighted by Gasteiger charge is -2.48. The predicted octanol–water partition coefficient (Wildman–Crippen LogP) is 2.69. The average Bonchev–Trinajstić information content (AvgIpc) is 1.65. The van der Waals surface area contributed by atoms with E-state index in [2.05, 4.69) is 56.1 Å². The molecule has 17 atom stereocenters. The van der Waals surface area contributed by atoms with E-state index in [1.165, 1.54) is 46.9 Å². The second kappa shape index (κ2) is 74.6. The Morgan fingerprint density at radius 3 is 1.71 bits per heavy atom. The van der Waals surface area contributed by atoms with E-state index in [4.69, 9.17) is 81.9 Å². The number of benzene rings is 2. The molecule has 846 valence electrons. The highest BCUT2D eigenvalue weighted by molar-refractivity contribution is 8.76. The van der Waals surface area contributed by atoms with Gasteiger partial charge < -0.3 is 153 Å². The first-order valence-electron chi connectivity index (χ1n) is 52.8. The van der Waals surface area contributed by atoms with Gasteiger partial charge in [0.15, 0.2) is 13.9 Å². The summed E-state index contributed by atoms with van der Waals surface area (Å²) >= 11 is 0. The molecular weight excluding hydrogens is 2000 g/mol. The molecule has 4 aromatic rings. The van der Waals surface area contributed by atoms with Crippen LogP contribution in [-0.2, 0) is 125 Å². The van der Waals surface area contributed by atoms with E-state index in [1.54, 1.807) is 30.2 Å². The number of aliphatic hydroxyl groups excluding tert-OH is 7. The second-order valence-corrected chi connectivity index (χ2v) is 40.0.